The first-order valence-electron chi connectivity index (χ1n) is 5.54. The summed E-state index contributed by atoms with van der Waals surface area (Å²) in [5.74, 6) is -1.22. The molecule has 0 aliphatic carbocycles. The van der Waals surface area contributed by atoms with Gasteiger partial charge in [-0.05, 0) is 24.1 Å². The topological polar surface area (TPSA) is 55.4 Å². The van der Waals surface area contributed by atoms with Crippen LogP contribution >= 0.6 is 0 Å². The summed E-state index contributed by atoms with van der Waals surface area (Å²) in [5, 5.41) is 2.48. The van der Waals surface area contributed by atoms with Gasteiger partial charge in [0.25, 0.3) is 0 Å². The van der Waals surface area contributed by atoms with Gasteiger partial charge in [-0.25, -0.2) is 9.18 Å². The second kappa shape index (κ2) is 6.14. The number of ether oxygens (including phenoxy) is 1. The van der Waals surface area contributed by atoms with Gasteiger partial charge in [-0.3, -0.25) is 4.79 Å². The molecule has 4 nitrogen and oxygen atoms in total. The molecule has 1 aromatic carbocycles. The van der Waals surface area contributed by atoms with Crippen molar-refractivity contribution in [2.24, 2.45) is 0 Å². The third-order valence-electron chi connectivity index (χ3n) is 2.54. The zero-order valence-electron chi connectivity index (χ0n) is 10.6. The van der Waals surface area contributed by atoms with Crippen LogP contribution in [0.2, 0.25) is 0 Å². The van der Waals surface area contributed by atoms with E-state index in [0.29, 0.717) is 11.1 Å². The second-order valence-corrected chi connectivity index (χ2v) is 4.06. The van der Waals surface area contributed by atoms with Crippen LogP contribution in [0.25, 0.3) is 0 Å². The molecule has 1 aromatic rings. The zero-order valence-corrected chi connectivity index (χ0v) is 10.6. The van der Waals surface area contributed by atoms with Crippen molar-refractivity contribution in [1.82, 2.24) is 5.32 Å². The van der Waals surface area contributed by atoms with Gasteiger partial charge in [0.05, 0.1) is 7.11 Å². The standard InChI is InChI=1S/C13H16FNO3/c1-8-4-5-10(6-11(8)14)7-12(13(17)18-3)15-9(2)16/h4-6,12H,7H2,1-3H3,(H,15,16)/t12-/m0/s1. The SMILES string of the molecule is COC(=O)[C@H](Cc1ccc(C)c(F)c1)NC(C)=O. The van der Waals surface area contributed by atoms with Crippen LogP contribution < -0.4 is 5.32 Å². The molecule has 0 heterocycles. The van der Waals surface area contributed by atoms with Gasteiger partial charge in [0.15, 0.2) is 0 Å². The number of halogens is 1. The first-order valence-corrected chi connectivity index (χ1v) is 5.54. The average Bonchev–Trinajstić information content (AvgIpc) is 2.31. The number of benzene rings is 1. The summed E-state index contributed by atoms with van der Waals surface area (Å²) in [7, 11) is 1.24. The van der Waals surface area contributed by atoms with Crippen molar-refractivity contribution < 1.29 is 18.7 Å². The fourth-order valence-electron chi connectivity index (χ4n) is 1.58. The number of hydrogen-bond donors (Lipinski definition) is 1. The second-order valence-electron chi connectivity index (χ2n) is 4.06. The average molecular weight is 253 g/mol. The fraction of sp³-hybridized carbons (Fsp3) is 0.385. The Morgan fingerprint density at radius 2 is 2.11 bits per heavy atom. The minimum atomic E-state index is -0.797. The lowest BCUT2D eigenvalue weighted by Crippen LogP contribution is -2.42. The van der Waals surface area contributed by atoms with E-state index in [4.69, 9.17) is 0 Å². The Morgan fingerprint density at radius 3 is 2.61 bits per heavy atom. The summed E-state index contributed by atoms with van der Waals surface area (Å²) in [5.41, 5.74) is 1.16. The summed E-state index contributed by atoms with van der Waals surface area (Å²) < 4.78 is 18.0. The van der Waals surface area contributed by atoms with E-state index in [-0.39, 0.29) is 18.1 Å². The highest BCUT2D eigenvalue weighted by Crippen LogP contribution is 2.11. The number of nitrogens with one attached hydrogen (secondary N) is 1. The third kappa shape index (κ3) is 3.84. The van der Waals surface area contributed by atoms with Gasteiger partial charge in [0, 0.05) is 13.3 Å². The summed E-state index contributed by atoms with van der Waals surface area (Å²) in [6.45, 7) is 2.97. The number of hydrogen-bond acceptors (Lipinski definition) is 3. The first kappa shape index (κ1) is 14.2. The number of rotatable bonds is 4. The number of aryl methyl sites for hydroxylation is 1. The van der Waals surface area contributed by atoms with E-state index in [2.05, 4.69) is 10.1 Å². The molecule has 0 unspecified atom stereocenters. The van der Waals surface area contributed by atoms with Crippen molar-refractivity contribution in [2.45, 2.75) is 26.3 Å². The molecule has 0 bridgehead atoms. The number of esters is 1. The van der Waals surface area contributed by atoms with Crippen LogP contribution in [0.3, 0.4) is 0 Å². The van der Waals surface area contributed by atoms with Gasteiger partial charge in [-0.2, -0.15) is 0 Å². The van der Waals surface area contributed by atoms with Crippen molar-refractivity contribution in [2.75, 3.05) is 7.11 Å². The van der Waals surface area contributed by atoms with Gasteiger partial charge in [0.2, 0.25) is 5.91 Å². The molecule has 1 N–H and O–H groups in total. The Morgan fingerprint density at radius 1 is 1.44 bits per heavy atom. The van der Waals surface area contributed by atoms with Gasteiger partial charge in [-0.15, -0.1) is 0 Å². The molecule has 0 aliphatic rings. The van der Waals surface area contributed by atoms with Crippen molar-refractivity contribution in [3.05, 3.63) is 35.1 Å². The maximum atomic E-state index is 13.4. The van der Waals surface area contributed by atoms with E-state index in [1.54, 1.807) is 19.1 Å². The molecule has 0 aliphatic heterocycles. The Balaban J connectivity index is 2.85. The fourth-order valence-corrected chi connectivity index (χ4v) is 1.58. The monoisotopic (exact) mass is 253 g/mol. The number of carbonyl (C=O) groups is 2. The highest BCUT2D eigenvalue weighted by Gasteiger charge is 2.20. The van der Waals surface area contributed by atoms with Crippen molar-refractivity contribution in [1.29, 1.82) is 0 Å². The van der Waals surface area contributed by atoms with Crippen LogP contribution in [0.1, 0.15) is 18.1 Å². The molecule has 1 amide bonds. The highest BCUT2D eigenvalue weighted by molar-refractivity contribution is 5.83. The van der Waals surface area contributed by atoms with Gasteiger partial charge >= 0.3 is 5.97 Å². The zero-order chi connectivity index (χ0) is 13.7. The van der Waals surface area contributed by atoms with Crippen molar-refractivity contribution >= 4 is 11.9 Å². The van der Waals surface area contributed by atoms with Crippen LogP contribution in [0.5, 0.6) is 0 Å². The lowest BCUT2D eigenvalue weighted by Gasteiger charge is -2.15. The molecular formula is C13H16FNO3. The molecule has 0 fully saturated rings. The molecule has 1 rings (SSSR count). The van der Waals surface area contributed by atoms with E-state index < -0.39 is 12.0 Å². The smallest absolute Gasteiger partial charge is 0.328 e. The van der Waals surface area contributed by atoms with Crippen LogP contribution in [-0.2, 0) is 20.7 Å². The Labute approximate surface area is 105 Å². The number of carbonyl (C=O) groups excluding carboxylic acids is 2. The van der Waals surface area contributed by atoms with Crippen molar-refractivity contribution in [3.63, 3.8) is 0 Å². The molecule has 18 heavy (non-hydrogen) atoms. The Kier molecular flexibility index (Phi) is 4.83. The number of amides is 1. The van der Waals surface area contributed by atoms with Crippen LogP contribution in [0.4, 0.5) is 4.39 Å². The van der Waals surface area contributed by atoms with Crippen LogP contribution in [-0.4, -0.2) is 25.0 Å². The molecule has 0 saturated heterocycles. The Hall–Kier alpha value is -1.91. The lowest BCUT2D eigenvalue weighted by atomic mass is 10.0. The van der Waals surface area contributed by atoms with Gasteiger partial charge in [0.1, 0.15) is 11.9 Å². The minimum Gasteiger partial charge on any atom is -0.467 e. The van der Waals surface area contributed by atoms with E-state index in [9.17, 15) is 14.0 Å². The molecule has 0 spiro atoms. The highest BCUT2D eigenvalue weighted by atomic mass is 19.1. The van der Waals surface area contributed by atoms with E-state index in [0.717, 1.165) is 0 Å². The maximum Gasteiger partial charge on any atom is 0.328 e. The normalized spacial score (nSPS) is 11.8. The van der Waals surface area contributed by atoms with Gasteiger partial charge < -0.3 is 10.1 Å². The maximum absolute atomic E-state index is 13.4. The largest absolute Gasteiger partial charge is 0.467 e. The van der Waals surface area contributed by atoms with Crippen LogP contribution in [0, 0.1) is 12.7 Å². The summed E-state index contributed by atoms with van der Waals surface area (Å²) in [4.78, 5) is 22.5. The van der Waals surface area contributed by atoms with Crippen LogP contribution in [0.15, 0.2) is 18.2 Å². The van der Waals surface area contributed by atoms with Gasteiger partial charge in [-0.1, -0.05) is 12.1 Å². The molecule has 98 valence electrons. The quantitative estimate of drug-likeness (QED) is 0.824. The molecule has 0 saturated carbocycles. The molecular weight excluding hydrogens is 237 g/mol. The lowest BCUT2D eigenvalue weighted by molar-refractivity contribution is -0.144. The summed E-state index contributed by atoms with van der Waals surface area (Å²) >= 11 is 0. The summed E-state index contributed by atoms with van der Waals surface area (Å²) in [6.07, 6.45) is 0.198. The Bertz CT molecular complexity index is 460. The molecule has 5 heteroatoms. The van der Waals surface area contributed by atoms with E-state index in [1.165, 1.54) is 20.1 Å². The molecule has 1 atom stereocenters. The number of methoxy groups -OCH3 is 1. The summed E-state index contributed by atoms with van der Waals surface area (Å²) in [6, 6.07) is 3.91. The molecule has 0 aromatic heterocycles. The predicted octanol–water partition coefficient (Wildman–Crippen LogP) is 1.35. The molecule has 0 radical (unpaired) electrons. The van der Waals surface area contributed by atoms with E-state index in [1.807, 2.05) is 0 Å². The predicted molar refractivity (Wildman–Crippen MR) is 64.5 cm³/mol. The minimum absolute atomic E-state index is 0.198. The van der Waals surface area contributed by atoms with E-state index >= 15 is 0 Å². The first-order chi connectivity index (χ1) is 8.43. The third-order valence-corrected chi connectivity index (χ3v) is 2.54. The van der Waals surface area contributed by atoms with Crippen molar-refractivity contribution in [3.8, 4) is 0 Å².